The third-order valence-electron chi connectivity index (χ3n) is 3.40. The number of rotatable bonds is 10. The number of alkyl halides is 16. The highest BCUT2D eigenvalue weighted by Gasteiger charge is 2.89. The monoisotopic (exact) mass is 492 g/mol. The van der Waals surface area contributed by atoms with Crippen molar-refractivity contribution in [2.24, 2.45) is 0 Å². The number of hydrogen-bond donors (Lipinski definition) is 0. The third-order valence-corrected chi connectivity index (χ3v) is 3.40. The minimum absolute atomic E-state index is 1.43. The molecule has 0 spiro atoms. The summed E-state index contributed by atoms with van der Waals surface area (Å²) in [6, 6.07) is 0. The van der Waals surface area contributed by atoms with Crippen LogP contribution in [-0.4, -0.2) is 66.7 Å². The Morgan fingerprint density at radius 3 is 1.33 bits per heavy atom. The van der Waals surface area contributed by atoms with Gasteiger partial charge in [-0.05, 0) is 0 Å². The molecule has 2 nitrogen and oxygen atoms in total. The van der Waals surface area contributed by atoms with Gasteiger partial charge in [-0.2, -0.15) is 43.9 Å². The van der Waals surface area contributed by atoms with E-state index in [-0.39, 0.29) is 0 Å². The smallest absolute Gasteiger partial charge is 0.248 e. The highest BCUT2D eigenvalue weighted by atomic mass is 19.4. The summed E-state index contributed by atoms with van der Waals surface area (Å²) in [5.41, 5.74) is 0. The molecule has 0 aromatic rings. The summed E-state index contributed by atoms with van der Waals surface area (Å²) in [5.74, 6) is -43.6. The average Bonchev–Trinajstić information content (AvgIpc) is 2.63. The molecule has 19 heteroatoms. The second kappa shape index (κ2) is 8.43. The zero-order chi connectivity index (χ0) is 24.7. The van der Waals surface area contributed by atoms with Crippen LogP contribution in [0.25, 0.3) is 0 Å². The quantitative estimate of drug-likeness (QED) is 0.392. The molecule has 0 N–H and O–H groups in total. The van der Waals surface area contributed by atoms with Gasteiger partial charge in [0.1, 0.15) is 0 Å². The molecule has 0 bridgehead atoms. The fraction of sp³-hybridized carbons (Fsp3) is 0.909. The van der Waals surface area contributed by atoms with E-state index in [2.05, 4.69) is 0 Å². The summed E-state index contributed by atoms with van der Waals surface area (Å²) in [7, 11) is 0. The number of hydrogen-bond acceptors (Lipinski definition) is 2. The standard InChI is InChI=1S/C11H5F17O2/c12-1(3(14)5(16)17)2(13)4(15)7(18,19)9(22,23)11(26,27)10(24,25)8(20,21)6(29)30-28/h1-5H. The molecule has 180 valence electrons. The van der Waals surface area contributed by atoms with Crippen molar-refractivity contribution in [1.29, 1.82) is 0 Å². The SMILES string of the molecule is O=C(OF)C(F)(F)C(F)(F)C(F)(F)C(F)(F)C(F)(F)C(F)C(F)C(F)C(F)C(F)F. The average molecular weight is 492 g/mol. The minimum Gasteiger partial charge on any atom is -0.248 e. The van der Waals surface area contributed by atoms with Crippen LogP contribution in [0.4, 0.5) is 74.8 Å². The fourth-order valence-electron chi connectivity index (χ4n) is 1.63. The predicted molar refractivity (Wildman–Crippen MR) is 57.5 cm³/mol. The highest BCUT2D eigenvalue weighted by molar-refractivity contribution is 5.78. The van der Waals surface area contributed by atoms with E-state index in [0.29, 0.717) is 0 Å². The van der Waals surface area contributed by atoms with Crippen LogP contribution in [0.3, 0.4) is 0 Å². The lowest BCUT2D eigenvalue weighted by molar-refractivity contribution is -0.406. The predicted octanol–water partition coefficient (Wildman–Crippen LogP) is 5.21. The molecule has 0 saturated heterocycles. The Bertz CT molecular complexity index is 605. The molecule has 0 aliphatic heterocycles. The zero-order valence-corrected chi connectivity index (χ0v) is 13.1. The van der Waals surface area contributed by atoms with Gasteiger partial charge in [0.2, 0.25) is 6.17 Å². The van der Waals surface area contributed by atoms with E-state index in [4.69, 9.17) is 0 Å². The summed E-state index contributed by atoms with van der Waals surface area (Å²) in [5, 5.41) is 0. The molecule has 0 aliphatic carbocycles. The lowest BCUT2D eigenvalue weighted by atomic mass is 9.90. The number of halogens is 17. The number of carbonyl (C=O) groups excluding carboxylic acids is 1. The lowest BCUT2D eigenvalue weighted by Gasteiger charge is -2.39. The van der Waals surface area contributed by atoms with E-state index >= 15 is 0 Å². The Hall–Kier alpha value is -1.72. The van der Waals surface area contributed by atoms with Gasteiger partial charge in [-0.25, -0.2) is 36.1 Å². The van der Waals surface area contributed by atoms with E-state index in [1.54, 1.807) is 0 Å². The maximum absolute atomic E-state index is 13.3. The van der Waals surface area contributed by atoms with Gasteiger partial charge in [-0.1, -0.05) is 0 Å². The van der Waals surface area contributed by atoms with Crippen molar-refractivity contribution in [2.75, 3.05) is 0 Å². The van der Waals surface area contributed by atoms with Gasteiger partial charge < -0.3 is 0 Å². The van der Waals surface area contributed by atoms with Gasteiger partial charge >= 0.3 is 35.6 Å². The minimum atomic E-state index is -8.23. The maximum atomic E-state index is 13.3. The third kappa shape index (κ3) is 4.06. The normalized spacial score (nSPS) is 18.7. The molecule has 0 radical (unpaired) electrons. The van der Waals surface area contributed by atoms with Gasteiger partial charge in [0.05, 0.1) is 0 Å². The van der Waals surface area contributed by atoms with Gasteiger partial charge in [0.15, 0.2) is 18.5 Å². The van der Waals surface area contributed by atoms with E-state index in [1.807, 2.05) is 0 Å². The Morgan fingerprint density at radius 1 is 0.600 bits per heavy atom. The largest absolute Gasteiger partial charge is 0.424 e. The van der Waals surface area contributed by atoms with Crippen LogP contribution in [0.2, 0.25) is 0 Å². The van der Waals surface area contributed by atoms with Crippen LogP contribution >= 0.6 is 0 Å². The Morgan fingerprint density at radius 2 is 1.00 bits per heavy atom. The molecule has 0 fully saturated rings. The molecule has 0 aromatic carbocycles. The molecule has 0 aliphatic rings. The van der Waals surface area contributed by atoms with Crippen LogP contribution in [0.15, 0.2) is 0 Å². The summed E-state index contributed by atoms with van der Waals surface area (Å²) in [4.78, 5) is 11.5. The molecule has 4 atom stereocenters. The Balaban J connectivity index is 6.26. The van der Waals surface area contributed by atoms with E-state index in [1.165, 1.54) is 4.94 Å². The Labute approximate surface area is 152 Å². The van der Waals surface area contributed by atoms with Crippen molar-refractivity contribution in [2.45, 2.75) is 60.7 Å². The van der Waals surface area contributed by atoms with Crippen LogP contribution in [0.5, 0.6) is 0 Å². The lowest BCUT2D eigenvalue weighted by Crippen LogP contribution is -2.71. The van der Waals surface area contributed by atoms with Crippen LogP contribution < -0.4 is 0 Å². The topological polar surface area (TPSA) is 26.3 Å². The van der Waals surface area contributed by atoms with Gasteiger partial charge in [-0.3, -0.25) is 0 Å². The molecule has 0 saturated carbocycles. The van der Waals surface area contributed by atoms with E-state index in [0.717, 1.165) is 0 Å². The zero-order valence-electron chi connectivity index (χ0n) is 13.1. The fourth-order valence-corrected chi connectivity index (χ4v) is 1.63. The van der Waals surface area contributed by atoms with Crippen molar-refractivity contribution < 1.29 is 84.5 Å². The molecule has 0 amide bonds. The van der Waals surface area contributed by atoms with Crippen molar-refractivity contribution >= 4 is 5.97 Å². The van der Waals surface area contributed by atoms with Crippen molar-refractivity contribution in [3.8, 4) is 0 Å². The van der Waals surface area contributed by atoms with E-state index < -0.39 is 66.7 Å². The molecule has 0 heterocycles. The van der Waals surface area contributed by atoms with E-state index in [9.17, 15) is 79.6 Å². The van der Waals surface area contributed by atoms with Gasteiger partial charge in [0, 0.05) is 4.53 Å². The molecular weight excluding hydrogens is 487 g/mol. The van der Waals surface area contributed by atoms with Crippen molar-refractivity contribution in [3.63, 3.8) is 0 Å². The molecule has 4 unspecified atom stereocenters. The molecule has 30 heavy (non-hydrogen) atoms. The molecule has 0 aromatic heterocycles. The summed E-state index contributed by atoms with van der Waals surface area (Å²) >= 11 is 0. The van der Waals surface area contributed by atoms with Gasteiger partial charge in [-0.15, -0.1) is 0 Å². The Kier molecular flexibility index (Phi) is 7.95. The second-order valence-corrected chi connectivity index (χ2v) is 5.35. The molecular formula is C11H5F17O2. The van der Waals surface area contributed by atoms with Crippen LogP contribution in [0, 0.1) is 0 Å². The van der Waals surface area contributed by atoms with Crippen LogP contribution in [-0.2, 0) is 9.74 Å². The first-order valence-corrected chi connectivity index (χ1v) is 6.63. The second-order valence-electron chi connectivity index (χ2n) is 5.35. The molecule has 0 rings (SSSR count). The summed E-state index contributed by atoms with van der Waals surface area (Å²) in [6.45, 7) is 0. The van der Waals surface area contributed by atoms with Crippen LogP contribution in [0.1, 0.15) is 0 Å². The first-order chi connectivity index (χ1) is 13.1. The first-order valence-electron chi connectivity index (χ1n) is 6.63. The highest BCUT2D eigenvalue weighted by Crippen LogP contribution is 2.58. The van der Waals surface area contributed by atoms with Crippen molar-refractivity contribution in [1.82, 2.24) is 0 Å². The maximum Gasteiger partial charge on any atom is 0.424 e. The summed E-state index contributed by atoms with van der Waals surface area (Å²) in [6.07, 6.45) is -24.7. The number of carbonyl (C=O) groups is 1. The summed E-state index contributed by atoms with van der Waals surface area (Å²) < 4.78 is 218. The van der Waals surface area contributed by atoms with Gasteiger partial charge in [0.25, 0.3) is 6.43 Å². The first kappa shape index (κ1) is 28.3. The van der Waals surface area contributed by atoms with Crippen molar-refractivity contribution in [3.05, 3.63) is 0 Å².